The smallest absolute Gasteiger partial charge is 0.185 e. The topological polar surface area (TPSA) is 44.1 Å². The van der Waals surface area contributed by atoms with E-state index < -0.39 is 0 Å². The van der Waals surface area contributed by atoms with E-state index in [1.54, 1.807) is 0 Å². The molecule has 3 rings (SSSR count). The Morgan fingerprint density at radius 3 is 2.62 bits per heavy atom. The minimum atomic E-state index is 0.493. The SMILES string of the molecule is CCc1ccc(OCCCCn2c(C=O)nc3ccccc32)cc1. The number of benzene rings is 2. The molecule has 1 heterocycles. The molecule has 0 spiro atoms. The molecule has 3 aromatic rings. The molecule has 0 bridgehead atoms. The number of imidazole rings is 1. The van der Waals surface area contributed by atoms with Crippen molar-refractivity contribution in [2.45, 2.75) is 32.7 Å². The first-order valence-corrected chi connectivity index (χ1v) is 8.44. The molecule has 0 aliphatic carbocycles. The number of nitrogens with zero attached hydrogens (tertiary/aromatic N) is 2. The van der Waals surface area contributed by atoms with Gasteiger partial charge in [-0.3, -0.25) is 4.79 Å². The summed E-state index contributed by atoms with van der Waals surface area (Å²) in [6, 6.07) is 16.1. The summed E-state index contributed by atoms with van der Waals surface area (Å²) in [5, 5.41) is 0. The van der Waals surface area contributed by atoms with Crippen LogP contribution in [0.3, 0.4) is 0 Å². The van der Waals surface area contributed by atoms with E-state index in [-0.39, 0.29) is 0 Å². The van der Waals surface area contributed by atoms with Gasteiger partial charge in [0.1, 0.15) is 5.75 Å². The Bertz CT molecular complexity index is 806. The minimum absolute atomic E-state index is 0.493. The van der Waals surface area contributed by atoms with Crippen LogP contribution in [0.4, 0.5) is 0 Å². The number of ether oxygens (including phenoxy) is 1. The van der Waals surface area contributed by atoms with E-state index in [0.717, 1.165) is 48.9 Å². The van der Waals surface area contributed by atoms with E-state index >= 15 is 0 Å². The standard InChI is InChI=1S/C20H22N2O2/c1-2-16-9-11-17(12-10-16)24-14-6-5-13-22-19-8-4-3-7-18(19)21-20(22)15-23/h3-4,7-12,15H,2,5-6,13-14H2,1H3. The van der Waals surface area contributed by atoms with Crippen LogP contribution in [0.2, 0.25) is 0 Å². The number of aryl methyl sites for hydroxylation is 2. The summed E-state index contributed by atoms with van der Waals surface area (Å²) in [6.07, 6.45) is 3.73. The van der Waals surface area contributed by atoms with Crippen molar-refractivity contribution in [1.29, 1.82) is 0 Å². The Morgan fingerprint density at radius 2 is 1.88 bits per heavy atom. The van der Waals surface area contributed by atoms with Gasteiger partial charge in [-0.1, -0.05) is 31.2 Å². The van der Waals surface area contributed by atoms with Gasteiger partial charge in [0, 0.05) is 6.54 Å². The van der Waals surface area contributed by atoms with Gasteiger partial charge in [0.05, 0.1) is 17.6 Å². The molecule has 0 amide bonds. The zero-order valence-electron chi connectivity index (χ0n) is 13.9. The molecule has 0 atom stereocenters. The molecule has 2 aromatic carbocycles. The molecule has 0 aliphatic rings. The predicted octanol–water partition coefficient (Wildman–Crippen LogP) is 4.27. The van der Waals surface area contributed by atoms with Crippen LogP contribution in [-0.4, -0.2) is 22.4 Å². The molecular formula is C20H22N2O2. The van der Waals surface area contributed by atoms with Crippen LogP contribution in [0.15, 0.2) is 48.5 Å². The van der Waals surface area contributed by atoms with Crippen LogP contribution in [0.1, 0.15) is 35.9 Å². The lowest BCUT2D eigenvalue weighted by molar-refractivity contribution is 0.111. The second-order valence-electron chi connectivity index (χ2n) is 5.78. The molecule has 0 N–H and O–H groups in total. The van der Waals surface area contributed by atoms with Crippen LogP contribution < -0.4 is 4.74 Å². The van der Waals surface area contributed by atoms with Crippen molar-refractivity contribution in [2.75, 3.05) is 6.61 Å². The number of carbonyl (C=O) groups excluding carboxylic acids is 1. The van der Waals surface area contributed by atoms with Gasteiger partial charge in [0.2, 0.25) is 0 Å². The van der Waals surface area contributed by atoms with Gasteiger partial charge in [-0.05, 0) is 49.1 Å². The fourth-order valence-electron chi connectivity index (χ4n) is 2.80. The third-order valence-electron chi connectivity index (χ3n) is 4.17. The lowest BCUT2D eigenvalue weighted by atomic mass is 10.2. The number of rotatable bonds is 8. The number of aldehydes is 1. The highest BCUT2D eigenvalue weighted by Crippen LogP contribution is 2.16. The van der Waals surface area contributed by atoms with E-state index in [1.165, 1.54) is 5.56 Å². The molecule has 4 heteroatoms. The van der Waals surface area contributed by atoms with Crippen LogP contribution >= 0.6 is 0 Å². The molecule has 1 aromatic heterocycles. The Kier molecular flexibility index (Phi) is 5.26. The number of hydrogen-bond acceptors (Lipinski definition) is 3. The predicted molar refractivity (Wildman–Crippen MR) is 95.7 cm³/mol. The highest BCUT2D eigenvalue weighted by atomic mass is 16.5. The van der Waals surface area contributed by atoms with Crippen molar-refractivity contribution in [1.82, 2.24) is 9.55 Å². The molecule has 0 fully saturated rings. The van der Waals surface area contributed by atoms with Crippen molar-refractivity contribution >= 4 is 17.3 Å². The fraction of sp³-hybridized carbons (Fsp3) is 0.300. The summed E-state index contributed by atoms with van der Waals surface area (Å²) < 4.78 is 7.76. The molecule has 0 radical (unpaired) electrons. The number of carbonyl (C=O) groups is 1. The number of unbranched alkanes of at least 4 members (excludes halogenated alkanes) is 1. The average molecular weight is 322 g/mol. The average Bonchev–Trinajstić information content (AvgIpc) is 3.00. The highest BCUT2D eigenvalue weighted by Gasteiger charge is 2.08. The highest BCUT2D eigenvalue weighted by molar-refractivity contribution is 5.82. The molecule has 0 aliphatic heterocycles. The molecule has 0 unspecified atom stereocenters. The van der Waals surface area contributed by atoms with Crippen molar-refractivity contribution in [3.8, 4) is 5.75 Å². The van der Waals surface area contributed by atoms with Crippen molar-refractivity contribution in [3.63, 3.8) is 0 Å². The van der Waals surface area contributed by atoms with Crippen molar-refractivity contribution in [3.05, 3.63) is 59.9 Å². The first kappa shape index (κ1) is 16.2. The van der Waals surface area contributed by atoms with Crippen molar-refractivity contribution < 1.29 is 9.53 Å². The maximum atomic E-state index is 11.2. The van der Waals surface area contributed by atoms with E-state index in [2.05, 4.69) is 24.0 Å². The lowest BCUT2D eigenvalue weighted by Crippen LogP contribution is -2.05. The first-order valence-electron chi connectivity index (χ1n) is 8.44. The van der Waals surface area contributed by atoms with E-state index in [9.17, 15) is 4.79 Å². The molecule has 124 valence electrons. The van der Waals surface area contributed by atoms with E-state index in [0.29, 0.717) is 12.4 Å². The Morgan fingerprint density at radius 1 is 1.08 bits per heavy atom. The quantitative estimate of drug-likeness (QED) is 0.459. The lowest BCUT2D eigenvalue weighted by Gasteiger charge is -2.08. The van der Waals surface area contributed by atoms with Crippen LogP contribution in [0, 0.1) is 0 Å². The molecule has 24 heavy (non-hydrogen) atoms. The van der Waals surface area contributed by atoms with E-state index in [4.69, 9.17) is 4.74 Å². The van der Waals surface area contributed by atoms with Crippen LogP contribution in [0.5, 0.6) is 5.75 Å². The number of fused-ring (bicyclic) bond motifs is 1. The summed E-state index contributed by atoms with van der Waals surface area (Å²) in [4.78, 5) is 15.6. The van der Waals surface area contributed by atoms with Gasteiger partial charge in [-0.15, -0.1) is 0 Å². The minimum Gasteiger partial charge on any atom is -0.494 e. The number of para-hydroxylation sites is 2. The van der Waals surface area contributed by atoms with Gasteiger partial charge >= 0.3 is 0 Å². The normalized spacial score (nSPS) is 10.9. The van der Waals surface area contributed by atoms with Gasteiger partial charge in [0.25, 0.3) is 0 Å². The second kappa shape index (κ2) is 7.77. The summed E-state index contributed by atoms with van der Waals surface area (Å²) in [7, 11) is 0. The largest absolute Gasteiger partial charge is 0.494 e. The van der Waals surface area contributed by atoms with E-state index in [1.807, 2.05) is 41.0 Å². The zero-order valence-corrected chi connectivity index (χ0v) is 13.9. The third kappa shape index (κ3) is 3.65. The van der Waals surface area contributed by atoms with Crippen LogP contribution in [-0.2, 0) is 13.0 Å². The fourth-order valence-corrected chi connectivity index (χ4v) is 2.80. The van der Waals surface area contributed by atoms with Gasteiger partial charge < -0.3 is 9.30 Å². The monoisotopic (exact) mass is 322 g/mol. The Hall–Kier alpha value is -2.62. The Labute approximate surface area is 142 Å². The maximum Gasteiger partial charge on any atom is 0.185 e. The summed E-state index contributed by atoms with van der Waals surface area (Å²) in [5.74, 6) is 1.40. The summed E-state index contributed by atoms with van der Waals surface area (Å²) >= 11 is 0. The molecule has 0 saturated carbocycles. The van der Waals surface area contributed by atoms with Crippen molar-refractivity contribution in [2.24, 2.45) is 0 Å². The Balaban J connectivity index is 1.52. The van der Waals surface area contributed by atoms with Gasteiger partial charge in [-0.2, -0.15) is 0 Å². The van der Waals surface area contributed by atoms with Gasteiger partial charge in [-0.25, -0.2) is 4.98 Å². The third-order valence-corrected chi connectivity index (χ3v) is 4.17. The zero-order chi connectivity index (χ0) is 16.8. The van der Waals surface area contributed by atoms with Crippen LogP contribution in [0.25, 0.3) is 11.0 Å². The maximum absolute atomic E-state index is 11.2. The number of hydrogen-bond donors (Lipinski definition) is 0. The summed E-state index contributed by atoms with van der Waals surface area (Å²) in [6.45, 7) is 3.59. The summed E-state index contributed by atoms with van der Waals surface area (Å²) in [5.41, 5.74) is 3.19. The van der Waals surface area contributed by atoms with Gasteiger partial charge in [0.15, 0.2) is 12.1 Å². The second-order valence-corrected chi connectivity index (χ2v) is 5.78. The first-order chi connectivity index (χ1) is 11.8. The molecule has 0 saturated heterocycles. The molecular weight excluding hydrogens is 300 g/mol. The molecule has 4 nitrogen and oxygen atoms in total. The number of aromatic nitrogens is 2.